The van der Waals surface area contributed by atoms with Crippen molar-refractivity contribution in [1.82, 2.24) is 15.2 Å². The number of hydrogen-bond donors (Lipinski definition) is 2. The number of ether oxygens (including phenoxy) is 1. The summed E-state index contributed by atoms with van der Waals surface area (Å²) < 4.78 is 77.1. The van der Waals surface area contributed by atoms with Crippen molar-refractivity contribution in [3.05, 3.63) is 18.2 Å². The second-order valence-corrected chi connectivity index (χ2v) is 6.71. The Bertz CT molecular complexity index is 959. The van der Waals surface area contributed by atoms with E-state index >= 15 is 0 Å². The fourth-order valence-corrected chi connectivity index (χ4v) is 2.92. The molecule has 1 aromatic heterocycles. The lowest BCUT2D eigenvalue weighted by Gasteiger charge is -2.17. The molecule has 0 spiro atoms. The quantitative estimate of drug-likeness (QED) is 0.647. The van der Waals surface area contributed by atoms with Crippen LogP contribution >= 0.6 is 11.3 Å². The van der Waals surface area contributed by atoms with Crippen LogP contribution in [-0.2, 0) is 14.4 Å². The van der Waals surface area contributed by atoms with Crippen LogP contribution in [0.15, 0.2) is 18.2 Å². The summed E-state index contributed by atoms with van der Waals surface area (Å²) in [5.41, 5.74) is 0.282. The number of anilines is 1. The van der Waals surface area contributed by atoms with E-state index in [1.165, 1.54) is 11.4 Å². The van der Waals surface area contributed by atoms with E-state index < -0.39 is 49.1 Å². The van der Waals surface area contributed by atoms with Gasteiger partial charge in [-0.05, 0) is 12.1 Å². The van der Waals surface area contributed by atoms with Crippen molar-refractivity contribution in [2.75, 3.05) is 25.5 Å². The fourth-order valence-electron chi connectivity index (χ4n) is 2.01. The van der Waals surface area contributed by atoms with Crippen LogP contribution in [0, 0.1) is 0 Å². The molecular weight excluding hydrogens is 446 g/mol. The molecule has 8 nitrogen and oxygen atoms in total. The molecule has 1 aromatic carbocycles. The van der Waals surface area contributed by atoms with Gasteiger partial charge in [0.2, 0.25) is 11.8 Å². The van der Waals surface area contributed by atoms with Crippen molar-refractivity contribution in [2.45, 2.75) is 12.5 Å². The van der Waals surface area contributed by atoms with Gasteiger partial charge >= 0.3 is 18.4 Å². The van der Waals surface area contributed by atoms with E-state index in [1.807, 2.05) is 0 Å². The molecule has 0 radical (unpaired) electrons. The summed E-state index contributed by atoms with van der Waals surface area (Å²) in [7, 11) is 1.13. The van der Waals surface area contributed by atoms with Gasteiger partial charge < -0.3 is 20.3 Å². The Labute approximate surface area is 167 Å². The molecule has 2 aromatic rings. The van der Waals surface area contributed by atoms with Crippen molar-refractivity contribution in [2.24, 2.45) is 0 Å². The highest BCUT2D eigenvalue weighted by atomic mass is 32.1. The number of nitrogens with zero attached hydrogens (tertiary/aromatic N) is 2. The Morgan fingerprint density at radius 1 is 1.17 bits per heavy atom. The third-order valence-electron chi connectivity index (χ3n) is 3.30. The summed E-state index contributed by atoms with van der Waals surface area (Å²) in [6, 6.07) is 3.37. The minimum Gasteiger partial charge on any atom is -0.406 e. The van der Waals surface area contributed by atoms with E-state index in [9.17, 15) is 40.7 Å². The summed E-state index contributed by atoms with van der Waals surface area (Å²) >= 11 is 0.842. The number of fused-ring (bicyclic) bond motifs is 1. The van der Waals surface area contributed by atoms with E-state index in [4.69, 9.17) is 0 Å². The highest BCUT2D eigenvalue weighted by Gasteiger charge is 2.38. The number of amides is 3. The molecule has 0 unspecified atom stereocenters. The van der Waals surface area contributed by atoms with Gasteiger partial charge in [-0.2, -0.15) is 13.2 Å². The summed E-state index contributed by atoms with van der Waals surface area (Å²) in [6.45, 7) is -1.54. The number of alkyl halides is 6. The number of rotatable bonds is 6. The first-order valence-electron chi connectivity index (χ1n) is 7.80. The normalized spacial score (nSPS) is 11.8. The van der Waals surface area contributed by atoms with Gasteiger partial charge in [0.05, 0.1) is 23.3 Å². The second kappa shape index (κ2) is 8.73. The fraction of sp³-hybridized carbons (Fsp3) is 0.333. The standard InChI is InChI=1S/C15H12F6N4O4S/c1-25(11(27)5-22-12(28)14(16,17)18)6-10(26)24-13-23-8-3-2-7(4-9(8)30-13)29-15(19,20)21/h2-4H,5-6H2,1H3,(H,22,28)(H,23,24,26). The Morgan fingerprint density at radius 2 is 1.83 bits per heavy atom. The first-order chi connectivity index (χ1) is 13.7. The van der Waals surface area contributed by atoms with Gasteiger partial charge in [-0.15, -0.1) is 13.2 Å². The summed E-state index contributed by atoms with van der Waals surface area (Å²) in [6.07, 6.45) is -10.0. The number of benzene rings is 1. The first kappa shape index (κ1) is 23.2. The zero-order valence-corrected chi connectivity index (χ0v) is 15.7. The van der Waals surface area contributed by atoms with Crippen LogP contribution in [0.3, 0.4) is 0 Å². The van der Waals surface area contributed by atoms with E-state index in [2.05, 4.69) is 15.0 Å². The number of nitrogens with one attached hydrogen (secondary N) is 2. The van der Waals surface area contributed by atoms with E-state index in [0.29, 0.717) is 0 Å². The van der Waals surface area contributed by atoms with Crippen LogP contribution in [0.5, 0.6) is 5.75 Å². The molecule has 0 aliphatic rings. The number of likely N-dealkylation sites (N-methyl/N-ethyl adjacent to an activating group) is 1. The van der Waals surface area contributed by atoms with Crippen molar-refractivity contribution < 1.29 is 45.5 Å². The Kier molecular flexibility index (Phi) is 6.74. The molecule has 0 saturated heterocycles. The predicted molar refractivity (Wildman–Crippen MR) is 91.6 cm³/mol. The number of hydrogen-bond acceptors (Lipinski definition) is 6. The Balaban J connectivity index is 1.93. The number of aromatic nitrogens is 1. The topological polar surface area (TPSA) is 101 Å². The SMILES string of the molecule is CN(CC(=O)Nc1nc2ccc(OC(F)(F)F)cc2s1)C(=O)CNC(=O)C(F)(F)F. The maximum absolute atomic E-state index is 12.3. The minimum atomic E-state index is -5.14. The smallest absolute Gasteiger partial charge is 0.406 e. The maximum Gasteiger partial charge on any atom is 0.573 e. The minimum absolute atomic E-state index is 0.0189. The molecular formula is C15H12F6N4O4S. The van der Waals surface area contributed by atoms with E-state index in [1.54, 1.807) is 0 Å². The van der Waals surface area contributed by atoms with Crippen LogP contribution < -0.4 is 15.4 Å². The summed E-state index contributed by atoms with van der Waals surface area (Å²) in [4.78, 5) is 39.1. The summed E-state index contributed by atoms with van der Waals surface area (Å²) in [5, 5.41) is 3.71. The van der Waals surface area contributed by atoms with Gasteiger partial charge in [0.25, 0.3) is 0 Å². The van der Waals surface area contributed by atoms with Crippen LogP contribution in [0.25, 0.3) is 10.2 Å². The number of carbonyl (C=O) groups is 3. The monoisotopic (exact) mass is 458 g/mol. The van der Waals surface area contributed by atoms with Crippen molar-refractivity contribution in [3.8, 4) is 5.75 Å². The van der Waals surface area contributed by atoms with Crippen LogP contribution in [-0.4, -0.2) is 60.3 Å². The molecule has 0 saturated carbocycles. The Morgan fingerprint density at radius 3 is 2.43 bits per heavy atom. The van der Waals surface area contributed by atoms with Crippen molar-refractivity contribution in [3.63, 3.8) is 0 Å². The molecule has 2 N–H and O–H groups in total. The van der Waals surface area contributed by atoms with Gasteiger partial charge in [-0.25, -0.2) is 4.98 Å². The Hall–Kier alpha value is -3.10. The molecule has 0 aliphatic heterocycles. The van der Waals surface area contributed by atoms with E-state index in [0.717, 1.165) is 35.4 Å². The van der Waals surface area contributed by atoms with Crippen LogP contribution in [0.4, 0.5) is 31.5 Å². The van der Waals surface area contributed by atoms with Gasteiger partial charge in [0, 0.05) is 13.1 Å². The van der Waals surface area contributed by atoms with Gasteiger partial charge in [0.15, 0.2) is 5.13 Å². The van der Waals surface area contributed by atoms with Gasteiger partial charge in [0.1, 0.15) is 5.75 Å². The highest BCUT2D eigenvalue weighted by molar-refractivity contribution is 7.22. The molecule has 0 atom stereocenters. The van der Waals surface area contributed by atoms with Crippen LogP contribution in [0.1, 0.15) is 0 Å². The number of thiazole rings is 1. The zero-order chi connectivity index (χ0) is 22.7. The van der Waals surface area contributed by atoms with Crippen molar-refractivity contribution >= 4 is 44.4 Å². The maximum atomic E-state index is 12.3. The largest absolute Gasteiger partial charge is 0.573 e. The summed E-state index contributed by atoms with van der Waals surface area (Å²) in [5.74, 6) is -4.49. The second-order valence-electron chi connectivity index (χ2n) is 5.67. The van der Waals surface area contributed by atoms with E-state index in [-0.39, 0.29) is 15.3 Å². The molecule has 30 heavy (non-hydrogen) atoms. The third kappa shape index (κ3) is 6.75. The molecule has 15 heteroatoms. The average molecular weight is 458 g/mol. The average Bonchev–Trinajstić information content (AvgIpc) is 2.97. The lowest BCUT2D eigenvalue weighted by Crippen LogP contribution is -2.45. The molecule has 0 aliphatic carbocycles. The lowest BCUT2D eigenvalue weighted by atomic mass is 10.3. The number of carbonyl (C=O) groups excluding carboxylic acids is 3. The predicted octanol–water partition coefficient (Wildman–Crippen LogP) is 2.27. The highest BCUT2D eigenvalue weighted by Crippen LogP contribution is 2.31. The van der Waals surface area contributed by atoms with Gasteiger partial charge in [-0.3, -0.25) is 14.4 Å². The molecule has 2 rings (SSSR count). The van der Waals surface area contributed by atoms with Crippen LogP contribution in [0.2, 0.25) is 0 Å². The first-order valence-corrected chi connectivity index (χ1v) is 8.61. The number of halogens is 6. The molecule has 1 heterocycles. The zero-order valence-electron chi connectivity index (χ0n) is 14.8. The molecule has 0 bridgehead atoms. The molecule has 0 fully saturated rings. The molecule has 164 valence electrons. The third-order valence-corrected chi connectivity index (χ3v) is 4.24. The van der Waals surface area contributed by atoms with Crippen molar-refractivity contribution in [1.29, 1.82) is 0 Å². The lowest BCUT2D eigenvalue weighted by molar-refractivity contribution is -0.274. The van der Waals surface area contributed by atoms with Gasteiger partial charge in [-0.1, -0.05) is 11.3 Å². The molecule has 3 amide bonds.